The number of anilines is 1. The fraction of sp³-hybridized carbons (Fsp3) is 0.500. The molecule has 5 heteroatoms. The van der Waals surface area contributed by atoms with Gasteiger partial charge in [-0.1, -0.05) is 38.1 Å². The second-order valence-corrected chi connectivity index (χ2v) is 10.9. The Labute approximate surface area is 195 Å². The summed E-state index contributed by atoms with van der Waals surface area (Å²) in [5.74, 6) is 1.04. The third-order valence-electron chi connectivity index (χ3n) is 8.16. The van der Waals surface area contributed by atoms with Gasteiger partial charge in [0.2, 0.25) is 5.91 Å². The molecule has 2 aromatic rings. The lowest BCUT2D eigenvalue weighted by Crippen LogP contribution is -2.48. The number of carbonyl (C=O) groups is 2. The summed E-state index contributed by atoms with van der Waals surface area (Å²) in [5, 5.41) is 5.65. The van der Waals surface area contributed by atoms with Crippen molar-refractivity contribution in [1.29, 1.82) is 0 Å². The third-order valence-corrected chi connectivity index (χ3v) is 8.16. The van der Waals surface area contributed by atoms with Crippen LogP contribution in [0.5, 0.6) is 0 Å². The van der Waals surface area contributed by atoms with Gasteiger partial charge in [0.15, 0.2) is 0 Å². The van der Waals surface area contributed by atoms with Crippen molar-refractivity contribution in [2.24, 2.45) is 23.7 Å². The van der Waals surface area contributed by atoms with Gasteiger partial charge in [-0.05, 0) is 97.4 Å². The quantitative estimate of drug-likeness (QED) is 0.597. The van der Waals surface area contributed by atoms with E-state index >= 15 is 0 Å². The van der Waals surface area contributed by atoms with Gasteiger partial charge in [0.05, 0.1) is 5.56 Å². The van der Waals surface area contributed by atoms with Crippen molar-refractivity contribution >= 4 is 17.5 Å². The molecule has 0 radical (unpaired) electrons. The molecule has 4 aliphatic rings. The summed E-state index contributed by atoms with van der Waals surface area (Å²) in [5.41, 5.74) is 2.40. The summed E-state index contributed by atoms with van der Waals surface area (Å²) in [6.45, 7) is 3.73. The molecule has 2 N–H and O–H groups in total. The Morgan fingerprint density at radius 3 is 2.03 bits per heavy atom. The van der Waals surface area contributed by atoms with E-state index < -0.39 is 17.8 Å². The van der Waals surface area contributed by atoms with Crippen molar-refractivity contribution in [3.8, 4) is 0 Å². The van der Waals surface area contributed by atoms with Crippen LogP contribution in [0.3, 0.4) is 0 Å². The van der Waals surface area contributed by atoms with Gasteiger partial charge in [0.1, 0.15) is 11.9 Å². The first-order valence-corrected chi connectivity index (χ1v) is 12.3. The molecular weight excluding hydrogens is 415 g/mol. The Morgan fingerprint density at radius 2 is 1.48 bits per heavy atom. The van der Waals surface area contributed by atoms with Crippen LogP contribution in [-0.2, 0) is 10.2 Å². The number of hydrogen-bond donors (Lipinski definition) is 2. The van der Waals surface area contributed by atoms with Crippen molar-refractivity contribution in [3.63, 3.8) is 0 Å². The van der Waals surface area contributed by atoms with E-state index in [9.17, 15) is 14.0 Å². The maximum atomic E-state index is 14.0. The van der Waals surface area contributed by atoms with Gasteiger partial charge in [-0.25, -0.2) is 4.39 Å². The lowest BCUT2D eigenvalue weighted by molar-refractivity contribution is -0.118. The number of hydrogen-bond acceptors (Lipinski definition) is 2. The molecule has 6 rings (SSSR count). The molecule has 2 amide bonds. The van der Waals surface area contributed by atoms with Gasteiger partial charge >= 0.3 is 0 Å². The monoisotopic (exact) mass is 448 g/mol. The van der Waals surface area contributed by atoms with E-state index in [0.29, 0.717) is 5.41 Å². The van der Waals surface area contributed by atoms with Crippen LogP contribution in [0, 0.1) is 29.5 Å². The molecule has 4 fully saturated rings. The molecule has 0 heterocycles. The summed E-state index contributed by atoms with van der Waals surface area (Å²) in [6.07, 6.45) is 8.18. The van der Waals surface area contributed by atoms with E-state index in [1.54, 1.807) is 6.07 Å². The molecule has 1 unspecified atom stereocenters. The molecule has 33 heavy (non-hydrogen) atoms. The van der Waals surface area contributed by atoms with E-state index in [1.165, 1.54) is 62.3 Å². The highest BCUT2D eigenvalue weighted by Crippen LogP contribution is 2.60. The van der Waals surface area contributed by atoms with Crippen LogP contribution < -0.4 is 10.6 Å². The van der Waals surface area contributed by atoms with Crippen molar-refractivity contribution < 1.29 is 14.0 Å². The summed E-state index contributed by atoms with van der Waals surface area (Å²) in [7, 11) is 0. The minimum atomic E-state index is -0.764. The largest absolute Gasteiger partial charge is 0.340 e. The van der Waals surface area contributed by atoms with Gasteiger partial charge in [0.25, 0.3) is 5.91 Å². The normalized spacial score (nSPS) is 28.5. The Balaban J connectivity index is 1.27. The molecule has 4 nitrogen and oxygen atoms in total. The van der Waals surface area contributed by atoms with Gasteiger partial charge in [-0.15, -0.1) is 0 Å². The molecular formula is C28H33FN2O2. The number of halogens is 1. The minimum Gasteiger partial charge on any atom is -0.340 e. The Bertz CT molecular complexity index is 1010. The summed E-state index contributed by atoms with van der Waals surface area (Å²) >= 11 is 0. The third kappa shape index (κ3) is 4.30. The van der Waals surface area contributed by atoms with Crippen molar-refractivity contribution in [1.82, 2.24) is 5.32 Å². The zero-order valence-electron chi connectivity index (χ0n) is 19.4. The molecule has 4 aliphatic carbocycles. The minimum absolute atomic E-state index is 0.0594. The fourth-order valence-electron chi connectivity index (χ4n) is 6.99. The molecule has 174 valence electrons. The van der Waals surface area contributed by atoms with Crippen LogP contribution in [0.4, 0.5) is 10.1 Å². The number of nitrogens with one attached hydrogen (secondary N) is 2. The number of rotatable bonds is 6. The van der Waals surface area contributed by atoms with E-state index in [-0.39, 0.29) is 17.4 Å². The number of benzene rings is 2. The first kappa shape index (κ1) is 22.1. The van der Waals surface area contributed by atoms with Gasteiger partial charge in [-0.3, -0.25) is 9.59 Å². The van der Waals surface area contributed by atoms with Crippen molar-refractivity contribution in [2.75, 3.05) is 5.32 Å². The summed E-state index contributed by atoms with van der Waals surface area (Å²) in [6, 6.07) is 13.4. The molecule has 4 saturated carbocycles. The van der Waals surface area contributed by atoms with Gasteiger partial charge in [-0.2, -0.15) is 0 Å². The van der Waals surface area contributed by atoms with Crippen molar-refractivity contribution in [3.05, 3.63) is 65.5 Å². The van der Waals surface area contributed by atoms with E-state index in [0.717, 1.165) is 23.4 Å². The zero-order valence-corrected chi connectivity index (χ0v) is 19.4. The molecule has 0 aromatic heterocycles. The molecule has 0 spiro atoms. The Hall–Kier alpha value is -2.69. The topological polar surface area (TPSA) is 58.2 Å². The van der Waals surface area contributed by atoms with E-state index in [1.807, 2.05) is 26.0 Å². The number of amides is 2. The van der Waals surface area contributed by atoms with Gasteiger partial charge in [0, 0.05) is 5.69 Å². The molecule has 0 saturated heterocycles. The predicted octanol–water partition coefficient (Wildman–Crippen LogP) is 5.69. The maximum absolute atomic E-state index is 14.0. The highest BCUT2D eigenvalue weighted by atomic mass is 19.1. The van der Waals surface area contributed by atoms with Crippen LogP contribution in [0.2, 0.25) is 0 Å². The van der Waals surface area contributed by atoms with Crippen LogP contribution in [0.1, 0.15) is 68.3 Å². The van der Waals surface area contributed by atoms with Crippen molar-refractivity contribution in [2.45, 2.75) is 63.8 Å². The Morgan fingerprint density at radius 1 is 0.909 bits per heavy atom. The average Bonchev–Trinajstić information content (AvgIpc) is 2.77. The molecule has 2 aromatic carbocycles. The number of carbonyl (C=O) groups excluding carboxylic acids is 2. The van der Waals surface area contributed by atoms with Gasteiger partial charge < -0.3 is 10.6 Å². The standard InChI is InChI=1S/C28H33FN2O2/c1-17(2)25(31-26(32)23-5-3-4-6-24(23)29)27(33)30-22-9-7-21(8-10-22)28-14-18-11-19(15-28)13-20(12-18)16-28/h3-10,17-20,25H,11-16H2,1-2H3,(H,30,33)(H,31,32). The molecule has 0 aliphatic heterocycles. The smallest absolute Gasteiger partial charge is 0.254 e. The van der Waals surface area contributed by atoms with E-state index in [4.69, 9.17) is 0 Å². The predicted molar refractivity (Wildman–Crippen MR) is 127 cm³/mol. The lowest BCUT2D eigenvalue weighted by Gasteiger charge is -2.57. The first-order chi connectivity index (χ1) is 15.8. The van der Waals surface area contributed by atoms with Crippen LogP contribution >= 0.6 is 0 Å². The molecule has 1 atom stereocenters. The second kappa shape index (κ2) is 8.58. The second-order valence-electron chi connectivity index (χ2n) is 10.9. The maximum Gasteiger partial charge on any atom is 0.254 e. The fourth-order valence-corrected chi connectivity index (χ4v) is 6.99. The summed E-state index contributed by atoms with van der Waals surface area (Å²) < 4.78 is 14.0. The highest BCUT2D eigenvalue weighted by Gasteiger charge is 2.51. The molecule has 4 bridgehead atoms. The van der Waals surface area contributed by atoms with Crippen LogP contribution in [0.15, 0.2) is 48.5 Å². The van der Waals surface area contributed by atoms with E-state index in [2.05, 4.69) is 22.8 Å². The first-order valence-electron chi connectivity index (χ1n) is 12.3. The SMILES string of the molecule is CC(C)C(NC(=O)c1ccccc1F)C(=O)Nc1ccc(C23CC4CC(CC(C4)C2)C3)cc1. The zero-order chi connectivity index (χ0) is 23.2. The Kier molecular flexibility index (Phi) is 5.75. The summed E-state index contributed by atoms with van der Waals surface area (Å²) in [4.78, 5) is 25.5. The van der Waals surface area contributed by atoms with Crippen LogP contribution in [-0.4, -0.2) is 17.9 Å². The lowest BCUT2D eigenvalue weighted by atomic mass is 9.48. The van der Waals surface area contributed by atoms with Crippen LogP contribution in [0.25, 0.3) is 0 Å². The highest BCUT2D eigenvalue weighted by molar-refractivity contribution is 6.01. The average molecular weight is 449 g/mol.